The van der Waals surface area contributed by atoms with Gasteiger partial charge >= 0.3 is 24.2 Å². The molecule has 0 radical (unpaired) electrons. The topological polar surface area (TPSA) is 111 Å². The minimum atomic E-state index is -1.06. The highest BCUT2D eigenvalue weighted by atomic mass is 16.6. The fourth-order valence-electron chi connectivity index (χ4n) is 4.52. The monoisotopic (exact) mass is 494 g/mol. The minimum absolute atomic E-state index is 0.0252. The van der Waals surface area contributed by atoms with E-state index in [4.69, 9.17) is 14.2 Å². The Hall–Kier alpha value is -3.88. The van der Waals surface area contributed by atoms with Crippen molar-refractivity contribution in [1.29, 1.82) is 0 Å². The fourth-order valence-corrected chi connectivity index (χ4v) is 4.52. The number of fused-ring (bicyclic) bond motifs is 3. The molecule has 2 aromatic carbocycles. The van der Waals surface area contributed by atoms with Crippen LogP contribution in [0.2, 0.25) is 0 Å². The van der Waals surface area contributed by atoms with Crippen LogP contribution in [0.5, 0.6) is 0 Å². The Morgan fingerprint density at radius 1 is 0.972 bits per heavy atom. The molecule has 2 aliphatic rings. The van der Waals surface area contributed by atoms with Crippen LogP contribution in [0.25, 0.3) is 11.1 Å². The number of nitrogens with one attached hydrogen (secondary N) is 1. The molecule has 1 fully saturated rings. The minimum Gasteiger partial charge on any atom is -0.448 e. The molecule has 1 saturated heterocycles. The summed E-state index contributed by atoms with van der Waals surface area (Å²) in [6.07, 6.45) is -1.28. The zero-order valence-corrected chi connectivity index (χ0v) is 20.6. The number of hydrogen-bond donors (Lipinski definition) is 1. The van der Waals surface area contributed by atoms with Gasteiger partial charge in [-0.15, -0.1) is 0 Å². The van der Waals surface area contributed by atoms with E-state index >= 15 is 0 Å². The molecule has 9 nitrogen and oxygen atoms in total. The number of alkyl carbamates (subject to hydrolysis) is 1. The van der Waals surface area contributed by atoms with Crippen molar-refractivity contribution in [2.75, 3.05) is 13.2 Å². The third-order valence-corrected chi connectivity index (χ3v) is 6.07. The molecule has 9 heteroatoms. The highest BCUT2D eigenvalue weighted by Crippen LogP contribution is 2.44. The zero-order chi connectivity index (χ0) is 25.9. The van der Waals surface area contributed by atoms with E-state index in [2.05, 4.69) is 5.32 Å². The number of imide groups is 1. The van der Waals surface area contributed by atoms with Crippen LogP contribution in [-0.4, -0.2) is 53.9 Å². The fraction of sp³-hybridized carbons (Fsp3) is 0.407. The molecule has 3 amide bonds. The molecule has 0 aromatic heterocycles. The molecule has 0 saturated carbocycles. The molecule has 1 atom stereocenters. The van der Waals surface area contributed by atoms with Crippen LogP contribution in [0, 0.1) is 0 Å². The number of amides is 3. The van der Waals surface area contributed by atoms with Crippen molar-refractivity contribution in [3.8, 4) is 11.1 Å². The Kier molecular flexibility index (Phi) is 7.28. The summed E-state index contributed by atoms with van der Waals surface area (Å²) in [4.78, 5) is 49.8. The zero-order valence-electron chi connectivity index (χ0n) is 20.6. The largest absolute Gasteiger partial charge is 0.448 e. The van der Waals surface area contributed by atoms with Crippen LogP contribution >= 0.6 is 0 Å². The number of carbonyl (C=O) groups is 4. The Balaban J connectivity index is 1.32. The lowest BCUT2D eigenvalue weighted by molar-refractivity contribution is -0.136. The molecule has 4 rings (SSSR count). The summed E-state index contributed by atoms with van der Waals surface area (Å²) in [6.45, 7) is 5.67. The van der Waals surface area contributed by atoms with Gasteiger partial charge in [0.25, 0.3) is 0 Å². The second-order valence-corrected chi connectivity index (χ2v) is 9.80. The molecule has 1 N–H and O–H groups in total. The molecule has 1 aliphatic heterocycles. The van der Waals surface area contributed by atoms with Gasteiger partial charge in [0.2, 0.25) is 0 Å². The molecule has 1 heterocycles. The van der Waals surface area contributed by atoms with Gasteiger partial charge in [0.15, 0.2) is 0 Å². The molecular weight excluding hydrogens is 464 g/mol. The van der Waals surface area contributed by atoms with Gasteiger partial charge in [-0.25, -0.2) is 19.2 Å². The maximum Gasteiger partial charge on any atom is 0.427 e. The average molecular weight is 495 g/mol. The number of hydrogen-bond acceptors (Lipinski definition) is 7. The molecule has 2 aromatic rings. The Morgan fingerprint density at radius 2 is 1.58 bits per heavy atom. The van der Waals surface area contributed by atoms with E-state index in [1.807, 2.05) is 48.5 Å². The SMILES string of the molecule is CC(C)(C)OC(=O)NCCCC[C@H]1C(=O)OC(=O)N1C(=O)OCC1c2ccccc2-c2ccccc21. The van der Waals surface area contributed by atoms with Crippen LogP contribution in [-0.2, 0) is 19.0 Å². The van der Waals surface area contributed by atoms with Crippen LogP contribution < -0.4 is 5.32 Å². The summed E-state index contributed by atoms with van der Waals surface area (Å²) >= 11 is 0. The summed E-state index contributed by atoms with van der Waals surface area (Å²) in [5.74, 6) is -0.957. The summed E-state index contributed by atoms with van der Waals surface area (Å²) in [7, 11) is 0. The summed E-state index contributed by atoms with van der Waals surface area (Å²) < 4.78 is 15.4. The van der Waals surface area contributed by atoms with E-state index in [1.54, 1.807) is 20.8 Å². The van der Waals surface area contributed by atoms with Gasteiger partial charge in [-0.05, 0) is 62.3 Å². The number of benzene rings is 2. The number of esters is 1. The van der Waals surface area contributed by atoms with Gasteiger partial charge in [-0.3, -0.25) is 0 Å². The van der Waals surface area contributed by atoms with Crippen LogP contribution in [0.15, 0.2) is 48.5 Å². The van der Waals surface area contributed by atoms with Gasteiger partial charge in [0, 0.05) is 12.5 Å². The lowest BCUT2D eigenvalue weighted by Crippen LogP contribution is -2.41. The smallest absolute Gasteiger partial charge is 0.427 e. The van der Waals surface area contributed by atoms with E-state index in [-0.39, 0.29) is 18.9 Å². The van der Waals surface area contributed by atoms with E-state index in [1.165, 1.54) is 0 Å². The first-order chi connectivity index (χ1) is 17.2. The highest BCUT2D eigenvalue weighted by Gasteiger charge is 2.46. The summed E-state index contributed by atoms with van der Waals surface area (Å²) in [5, 5.41) is 2.64. The van der Waals surface area contributed by atoms with Crippen molar-refractivity contribution >= 4 is 24.2 Å². The van der Waals surface area contributed by atoms with Gasteiger partial charge in [-0.2, -0.15) is 4.90 Å². The van der Waals surface area contributed by atoms with Gasteiger partial charge in [0.05, 0.1) is 0 Å². The molecular formula is C27H30N2O7. The quantitative estimate of drug-likeness (QED) is 0.250. The lowest BCUT2D eigenvalue weighted by atomic mass is 9.98. The number of nitrogens with zero attached hydrogens (tertiary/aromatic N) is 1. The molecule has 36 heavy (non-hydrogen) atoms. The second-order valence-electron chi connectivity index (χ2n) is 9.80. The average Bonchev–Trinajstić information content (AvgIpc) is 3.29. The first-order valence-electron chi connectivity index (χ1n) is 12.0. The number of ether oxygens (including phenoxy) is 3. The number of unbranched alkanes of at least 4 members (excludes halogenated alkanes) is 1. The second kappa shape index (κ2) is 10.4. The van der Waals surface area contributed by atoms with Crippen molar-refractivity contribution in [3.05, 3.63) is 59.7 Å². The Labute approximate surface area is 209 Å². The van der Waals surface area contributed by atoms with Crippen LogP contribution in [0.4, 0.5) is 14.4 Å². The normalized spacial score (nSPS) is 16.9. The number of carbonyl (C=O) groups excluding carboxylic acids is 4. The summed E-state index contributed by atoms with van der Waals surface area (Å²) in [6, 6.07) is 14.8. The van der Waals surface area contributed by atoms with Crippen LogP contribution in [0.1, 0.15) is 57.1 Å². The van der Waals surface area contributed by atoms with Crippen molar-refractivity contribution in [2.45, 2.75) is 57.6 Å². The molecule has 0 spiro atoms. The predicted octanol–water partition coefficient (Wildman–Crippen LogP) is 4.98. The third-order valence-electron chi connectivity index (χ3n) is 6.07. The molecule has 1 aliphatic carbocycles. The van der Waals surface area contributed by atoms with E-state index in [0.29, 0.717) is 19.4 Å². The van der Waals surface area contributed by atoms with E-state index in [9.17, 15) is 19.2 Å². The first-order valence-corrected chi connectivity index (χ1v) is 12.0. The van der Waals surface area contributed by atoms with Crippen molar-refractivity contribution in [1.82, 2.24) is 10.2 Å². The molecule has 190 valence electrons. The standard InChI is InChI=1S/C27H30N2O7/c1-27(2,3)36-24(31)28-15-9-8-14-22-23(30)35-26(33)29(22)25(32)34-16-21-19-12-6-4-10-17(19)18-11-5-7-13-20(18)21/h4-7,10-13,21-22H,8-9,14-16H2,1-3H3,(H,28,31)/t22-/m0/s1. The lowest BCUT2D eigenvalue weighted by Gasteiger charge is -2.20. The van der Waals surface area contributed by atoms with Crippen molar-refractivity contribution in [3.63, 3.8) is 0 Å². The van der Waals surface area contributed by atoms with Gasteiger partial charge < -0.3 is 19.5 Å². The molecule has 0 bridgehead atoms. The third kappa shape index (κ3) is 5.50. The maximum atomic E-state index is 12.9. The van der Waals surface area contributed by atoms with Gasteiger partial charge in [-0.1, -0.05) is 48.5 Å². The van der Waals surface area contributed by atoms with Crippen molar-refractivity contribution in [2.24, 2.45) is 0 Å². The number of rotatable bonds is 7. The number of cyclic esters (lactones) is 2. The first kappa shape index (κ1) is 25.2. The highest BCUT2D eigenvalue weighted by molar-refractivity contribution is 6.03. The Morgan fingerprint density at radius 3 is 2.19 bits per heavy atom. The van der Waals surface area contributed by atoms with E-state index < -0.39 is 35.9 Å². The summed E-state index contributed by atoms with van der Waals surface area (Å²) in [5.41, 5.74) is 3.66. The van der Waals surface area contributed by atoms with E-state index in [0.717, 1.165) is 27.2 Å². The van der Waals surface area contributed by atoms with Crippen LogP contribution in [0.3, 0.4) is 0 Å². The maximum absolute atomic E-state index is 12.9. The van der Waals surface area contributed by atoms with Crippen molar-refractivity contribution < 1.29 is 33.4 Å². The predicted molar refractivity (Wildman–Crippen MR) is 130 cm³/mol. The Bertz CT molecular complexity index is 1130. The van der Waals surface area contributed by atoms with Gasteiger partial charge in [0.1, 0.15) is 18.2 Å². The molecule has 0 unspecified atom stereocenters.